The van der Waals surface area contributed by atoms with Crippen LogP contribution in [-0.4, -0.2) is 28.5 Å². The van der Waals surface area contributed by atoms with E-state index in [-0.39, 0.29) is 17.7 Å². The quantitative estimate of drug-likeness (QED) is 0.898. The van der Waals surface area contributed by atoms with Crippen LogP contribution in [0.1, 0.15) is 48.5 Å². The number of amides is 1. The SMILES string of the molecule is CC(N)C1CCC(CN2Cc3ccc(O)cc3C2=O)CC1. The number of phenolic OH excluding ortho intramolecular Hbond substituents is 1. The van der Waals surface area contributed by atoms with Gasteiger partial charge in [-0.1, -0.05) is 6.07 Å². The Labute approximate surface area is 125 Å². The largest absolute Gasteiger partial charge is 0.508 e. The minimum absolute atomic E-state index is 0.0650. The van der Waals surface area contributed by atoms with Crippen molar-refractivity contribution >= 4 is 5.91 Å². The lowest BCUT2D eigenvalue weighted by molar-refractivity contribution is 0.0727. The number of benzene rings is 1. The van der Waals surface area contributed by atoms with Crippen molar-refractivity contribution in [3.8, 4) is 5.75 Å². The van der Waals surface area contributed by atoms with Crippen molar-refractivity contribution in [2.24, 2.45) is 17.6 Å². The van der Waals surface area contributed by atoms with E-state index in [1.54, 1.807) is 12.1 Å². The van der Waals surface area contributed by atoms with Crippen molar-refractivity contribution in [1.29, 1.82) is 0 Å². The van der Waals surface area contributed by atoms with Crippen molar-refractivity contribution in [3.63, 3.8) is 0 Å². The Morgan fingerprint density at radius 2 is 2.05 bits per heavy atom. The molecule has 0 spiro atoms. The maximum absolute atomic E-state index is 12.4. The van der Waals surface area contributed by atoms with Crippen LogP contribution in [0.5, 0.6) is 5.75 Å². The normalized spacial score (nSPS) is 26.8. The number of aromatic hydroxyl groups is 1. The van der Waals surface area contributed by atoms with E-state index in [0.29, 0.717) is 23.9 Å². The zero-order chi connectivity index (χ0) is 15.0. The molecule has 1 saturated carbocycles. The maximum Gasteiger partial charge on any atom is 0.254 e. The maximum atomic E-state index is 12.4. The fourth-order valence-electron chi connectivity index (χ4n) is 3.70. The van der Waals surface area contributed by atoms with Crippen molar-refractivity contribution in [2.45, 2.75) is 45.2 Å². The van der Waals surface area contributed by atoms with Crippen molar-refractivity contribution in [1.82, 2.24) is 4.90 Å². The van der Waals surface area contributed by atoms with Gasteiger partial charge in [-0.25, -0.2) is 0 Å². The molecule has 1 aliphatic heterocycles. The molecule has 1 unspecified atom stereocenters. The molecule has 0 bridgehead atoms. The zero-order valence-electron chi connectivity index (χ0n) is 12.6. The predicted molar refractivity (Wildman–Crippen MR) is 81.9 cm³/mol. The van der Waals surface area contributed by atoms with Crippen LogP contribution in [0.15, 0.2) is 18.2 Å². The molecule has 0 saturated heterocycles. The van der Waals surface area contributed by atoms with Gasteiger partial charge in [0.05, 0.1) is 0 Å². The van der Waals surface area contributed by atoms with Gasteiger partial charge in [-0.05, 0) is 62.1 Å². The second-order valence-electron chi connectivity index (χ2n) is 6.67. The topological polar surface area (TPSA) is 66.6 Å². The Balaban J connectivity index is 1.60. The molecule has 1 atom stereocenters. The van der Waals surface area contributed by atoms with E-state index < -0.39 is 0 Å². The molecule has 1 heterocycles. The van der Waals surface area contributed by atoms with Gasteiger partial charge in [0.1, 0.15) is 5.75 Å². The van der Waals surface area contributed by atoms with E-state index in [9.17, 15) is 9.90 Å². The molecule has 3 rings (SSSR count). The predicted octanol–water partition coefficient (Wildman–Crippen LogP) is 2.50. The monoisotopic (exact) mass is 288 g/mol. The van der Waals surface area contributed by atoms with E-state index in [0.717, 1.165) is 24.9 Å². The summed E-state index contributed by atoms with van der Waals surface area (Å²) >= 11 is 0. The van der Waals surface area contributed by atoms with Gasteiger partial charge in [0.2, 0.25) is 0 Å². The third-order valence-corrected chi connectivity index (χ3v) is 5.09. The first-order valence-corrected chi connectivity index (χ1v) is 7.91. The van der Waals surface area contributed by atoms with E-state index in [1.165, 1.54) is 12.8 Å². The average molecular weight is 288 g/mol. The highest BCUT2D eigenvalue weighted by Gasteiger charge is 2.31. The summed E-state index contributed by atoms with van der Waals surface area (Å²) in [5, 5.41) is 9.52. The summed E-state index contributed by atoms with van der Waals surface area (Å²) in [6.07, 6.45) is 4.69. The number of fused-ring (bicyclic) bond motifs is 1. The third kappa shape index (κ3) is 2.91. The minimum Gasteiger partial charge on any atom is -0.508 e. The number of hydrogen-bond acceptors (Lipinski definition) is 3. The lowest BCUT2D eigenvalue weighted by Gasteiger charge is -2.32. The van der Waals surface area contributed by atoms with Crippen LogP contribution < -0.4 is 5.73 Å². The van der Waals surface area contributed by atoms with Gasteiger partial charge in [-0.15, -0.1) is 0 Å². The summed E-state index contributed by atoms with van der Waals surface area (Å²) < 4.78 is 0. The summed E-state index contributed by atoms with van der Waals surface area (Å²) in [6.45, 7) is 3.61. The van der Waals surface area contributed by atoms with E-state index in [2.05, 4.69) is 6.92 Å². The number of rotatable bonds is 3. The molecule has 1 aromatic carbocycles. The van der Waals surface area contributed by atoms with Gasteiger partial charge in [0.15, 0.2) is 0 Å². The Kier molecular flexibility index (Phi) is 3.89. The first kappa shape index (κ1) is 14.4. The van der Waals surface area contributed by atoms with Gasteiger partial charge in [-0.2, -0.15) is 0 Å². The molecule has 3 N–H and O–H groups in total. The smallest absolute Gasteiger partial charge is 0.254 e. The van der Waals surface area contributed by atoms with E-state index in [1.807, 2.05) is 11.0 Å². The van der Waals surface area contributed by atoms with Crippen LogP contribution in [0.25, 0.3) is 0 Å². The second kappa shape index (κ2) is 5.68. The molecule has 0 radical (unpaired) electrons. The van der Waals surface area contributed by atoms with Gasteiger partial charge in [0.25, 0.3) is 5.91 Å². The molecular weight excluding hydrogens is 264 g/mol. The Morgan fingerprint density at radius 3 is 2.71 bits per heavy atom. The van der Waals surface area contributed by atoms with Gasteiger partial charge >= 0.3 is 0 Å². The molecule has 4 heteroatoms. The molecule has 1 aliphatic carbocycles. The van der Waals surface area contributed by atoms with Crippen LogP contribution in [-0.2, 0) is 6.54 Å². The Hall–Kier alpha value is -1.55. The van der Waals surface area contributed by atoms with Crippen molar-refractivity contribution in [2.75, 3.05) is 6.54 Å². The highest BCUT2D eigenvalue weighted by atomic mass is 16.3. The summed E-state index contributed by atoms with van der Waals surface area (Å²) in [4.78, 5) is 14.3. The van der Waals surface area contributed by atoms with Gasteiger partial charge in [0, 0.05) is 24.7 Å². The summed E-state index contributed by atoms with van der Waals surface area (Å²) in [5.74, 6) is 1.47. The number of nitrogens with two attached hydrogens (primary N) is 1. The molecule has 0 aromatic heterocycles. The Morgan fingerprint density at radius 1 is 1.33 bits per heavy atom. The summed E-state index contributed by atoms with van der Waals surface area (Å²) in [7, 11) is 0. The van der Waals surface area contributed by atoms with Crippen LogP contribution in [0.4, 0.5) is 0 Å². The number of carbonyl (C=O) groups excluding carboxylic acids is 1. The Bertz CT molecular complexity index is 534. The van der Waals surface area contributed by atoms with E-state index in [4.69, 9.17) is 5.73 Å². The average Bonchev–Trinajstić information content (AvgIpc) is 2.76. The molecule has 1 aromatic rings. The minimum atomic E-state index is 0.0650. The standard InChI is InChI=1S/C17H24N2O2/c1-11(18)13-4-2-12(3-5-13)9-19-10-14-6-7-15(20)8-16(14)17(19)21/h6-8,11-13,20H,2-5,9-10,18H2,1H3. The summed E-state index contributed by atoms with van der Waals surface area (Å²) in [6, 6.07) is 5.38. The van der Waals surface area contributed by atoms with Gasteiger partial charge in [-0.3, -0.25) is 4.79 Å². The first-order valence-electron chi connectivity index (χ1n) is 7.91. The zero-order valence-corrected chi connectivity index (χ0v) is 12.6. The molecule has 21 heavy (non-hydrogen) atoms. The molecular formula is C17H24N2O2. The molecule has 1 fully saturated rings. The highest BCUT2D eigenvalue weighted by Crippen LogP contribution is 2.33. The van der Waals surface area contributed by atoms with Crippen molar-refractivity contribution < 1.29 is 9.90 Å². The fourth-order valence-corrected chi connectivity index (χ4v) is 3.70. The fraction of sp³-hybridized carbons (Fsp3) is 0.588. The third-order valence-electron chi connectivity index (χ3n) is 5.09. The highest BCUT2D eigenvalue weighted by molar-refractivity contribution is 5.98. The van der Waals surface area contributed by atoms with Crippen molar-refractivity contribution in [3.05, 3.63) is 29.3 Å². The molecule has 1 amide bonds. The van der Waals surface area contributed by atoms with Crippen LogP contribution in [0, 0.1) is 11.8 Å². The number of nitrogens with zero attached hydrogens (tertiary/aromatic N) is 1. The summed E-state index contributed by atoms with van der Waals surface area (Å²) in [5.41, 5.74) is 7.68. The molecule has 4 nitrogen and oxygen atoms in total. The van der Waals surface area contributed by atoms with Crippen LogP contribution in [0.2, 0.25) is 0 Å². The number of hydrogen-bond donors (Lipinski definition) is 2. The van der Waals surface area contributed by atoms with E-state index >= 15 is 0 Å². The number of carbonyl (C=O) groups is 1. The lowest BCUT2D eigenvalue weighted by Crippen LogP contribution is -2.35. The molecule has 2 aliphatic rings. The van der Waals surface area contributed by atoms with Gasteiger partial charge < -0.3 is 15.7 Å². The lowest BCUT2D eigenvalue weighted by atomic mass is 9.79. The molecule has 114 valence electrons. The van der Waals surface area contributed by atoms with Crippen LogP contribution >= 0.6 is 0 Å². The number of phenols is 1. The van der Waals surface area contributed by atoms with Crippen LogP contribution in [0.3, 0.4) is 0 Å². The second-order valence-corrected chi connectivity index (χ2v) is 6.67. The first-order chi connectivity index (χ1) is 10.0.